The topological polar surface area (TPSA) is 96.7 Å². The summed E-state index contributed by atoms with van der Waals surface area (Å²) in [5, 5.41) is 14.6. The molecule has 0 spiro atoms. The molecule has 134 valence electrons. The van der Waals surface area contributed by atoms with Crippen LogP contribution in [0.1, 0.15) is 19.8 Å². The van der Waals surface area contributed by atoms with Crippen molar-refractivity contribution < 1.29 is 9.66 Å². The van der Waals surface area contributed by atoms with Gasteiger partial charge >= 0.3 is 5.69 Å². The van der Waals surface area contributed by atoms with Gasteiger partial charge in [-0.25, -0.2) is 9.97 Å². The van der Waals surface area contributed by atoms with Gasteiger partial charge in [0.2, 0.25) is 11.6 Å². The molecule has 9 heteroatoms. The molecule has 1 aromatic heterocycles. The van der Waals surface area contributed by atoms with Gasteiger partial charge in [-0.3, -0.25) is 15.0 Å². The number of nitro groups is 1. The van der Waals surface area contributed by atoms with E-state index >= 15 is 0 Å². The zero-order valence-electron chi connectivity index (χ0n) is 14.4. The summed E-state index contributed by atoms with van der Waals surface area (Å²) in [6, 6.07) is 0. The first kappa shape index (κ1) is 18.3. The Labute approximate surface area is 142 Å². The van der Waals surface area contributed by atoms with E-state index in [2.05, 4.69) is 27.1 Å². The molecule has 1 N–H and O–H groups in total. The Morgan fingerprint density at radius 1 is 1.42 bits per heavy atom. The molecule has 0 radical (unpaired) electrons. The van der Waals surface area contributed by atoms with Crippen LogP contribution in [0.2, 0.25) is 0 Å². The second-order valence-electron chi connectivity index (χ2n) is 5.81. The van der Waals surface area contributed by atoms with Crippen LogP contribution in [0.15, 0.2) is 6.33 Å². The zero-order valence-corrected chi connectivity index (χ0v) is 14.4. The molecular formula is C15H26N6O3. The van der Waals surface area contributed by atoms with Crippen molar-refractivity contribution in [3.05, 3.63) is 16.4 Å². The zero-order chi connectivity index (χ0) is 17.4. The van der Waals surface area contributed by atoms with Crippen molar-refractivity contribution in [2.45, 2.75) is 19.8 Å². The number of nitrogens with zero attached hydrogens (tertiary/aromatic N) is 5. The maximum atomic E-state index is 11.5. The fourth-order valence-electron chi connectivity index (χ4n) is 2.60. The van der Waals surface area contributed by atoms with E-state index < -0.39 is 4.92 Å². The van der Waals surface area contributed by atoms with Gasteiger partial charge in [0.15, 0.2) is 0 Å². The molecule has 24 heavy (non-hydrogen) atoms. The Morgan fingerprint density at radius 3 is 2.83 bits per heavy atom. The first-order valence-electron chi connectivity index (χ1n) is 8.38. The van der Waals surface area contributed by atoms with Gasteiger partial charge in [-0.05, 0) is 6.42 Å². The molecule has 0 aliphatic carbocycles. The number of ether oxygens (including phenoxy) is 1. The molecule has 1 aliphatic rings. The number of unbranched alkanes of at least 4 members (excludes halogenated alkanes) is 1. The minimum atomic E-state index is -0.408. The van der Waals surface area contributed by atoms with Crippen LogP contribution in [0.4, 0.5) is 17.3 Å². The van der Waals surface area contributed by atoms with Crippen LogP contribution in [-0.4, -0.2) is 72.8 Å². The summed E-state index contributed by atoms with van der Waals surface area (Å²) in [7, 11) is 1.82. The molecule has 2 heterocycles. The monoisotopic (exact) mass is 338 g/mol. The minimum Gasteiger partial charge on any atom is -0.379 e. The number of morpholine rings is 1. The fraction of sp³-hybridized carbons (Fsp3) is 0.733. The summed E-state index contributed by atoms with van der Waals surface area (Å²) < 4.78 is 5.31. The van der Waals surface area contributed by atoms with Crippen molar-refractivity contribution in [2.24, 2.45) is 0 Å². The van der Waals surface area contributed by atoms with Gasteiger partial charge in [0, 0.05) is 39.8 Å². The summed E-state index contributed by atoms with van der Waals surface area (Å²) in [6.45, 7) is 7.45. The summed E-state index contributed by atoms with van der Waals surface area (Å²) in [4.78, 5) is 23.4. The summed E-state index contributed by atoms with van der Waals surface area (Å²) in [5.41, 5.74) is -0.0573. The maximum absolute atomic E-state index is 11.5. The van der Waals surface area contributed by atoms with Gasteiger partial charge < -0.3 is 15.0 Å². The number of rotatable bonds is 9. The average molecular weight is 338 g/mol. The highest BCUT2D eigenvalue weighted by Gasteiger charge is 2.25. The third-order valence-corrected chi connectivity index (χ3v) is 4.02. The van der Waals surface area contributed by atoms with Crippen molar-refractivity contribution in [3.8, 4) is 0 Å². The lowest BCUT2D eigenvalue weighted by Crippen LogP contribution is -2.39. The molecule has 0 aromatic carbocycles. The molecule has 2 rings (SSSR count). The van der Waals surface area contributed by atoms with Crippen molar-refractivity contribution in [1.82, 2.24) is 14.9 Å². The van der Waals surface area contributed by atoms with Gasteiger partial charge in [-0.15, -0.1) is 0 Å². The first-order valence-corrected chi connectivity index (χ1v) is 8.38. The van der Waals surface area contributed by atoms with Crippen LogP contribution in [0, 0.1) is 10.1 Å². The molecule has 1 fully saturated rings. The van der Waals surface area contributed by atoms with Gasteiger partial charge in [0.25, 0.3) is 0 Å². The van der Waals surface area contributed by atoms with Gasteiger partial charge in [0.05, 0.1) is 18.1 Å². The summed E-state index contributed by atoms with van der Waals surface area (Å²) in [5.74, 6) is 0.638. The Kier molecular flexibility index (Phi) is 7.13. The van der Waals surface area contributed by atoms with Crippen LogP contribution >= 0.6 is 0 Å². The van der Waals surface area contributed by atoms with Crippen molar-refractivity contribution in [2.75, 3.05) is 63.2 Å². The van der Waals surface area contributed by atoms with Gasteiger partial charge in [-0.1, -0.05) is 13.3 Å². The van der Waals surface area contributed by atoms with Gasteiger partial charge in [0.1, 0.15) is 6.33 Å². The number of hydrogen-bond acceptors (Lipinski definition) is 8. The standard InChI is InChI=1S/C15H26N6O3/c1-3-4-6-19(2)15-13(21(22)23)14(17-12-18-15)16-5-7-20-8-10-24-11-9-20/h12H,3-11H2,1-2H3,(H,16,17,18). The lowest BCUT2D eigenvalue weighted by molar-refractivity contribution is -0.383. The minimum absolute atomic E-state index is 0.0573. The highest BCUT2D eigenvalue weighted by Crippen LogP contribution is 2.31. The van der Waals surface area contributed by atoms with Crippen LogP contribution < -0.4 is 10.2 Å². The van der Waals surface area contributed by atoms with Crippen LogP contribution in [0.3, 0.4) is 0 Å². The molecule has 0 atom stereocenters. The molecule has 0 unspecified atom stereocenters. The van der Waals surface area contributed by atoms with E-state index in [4.69, 9.17) is 4.74 Å². The number of nitrogens with one attached hydrogen (secondary N) is 1. The lowest BCUT2D eigenvalue weighted by atomic mass is 10.3. The Morgan fingerprint density at radius 2 is 2.17 bits per heavy atom. The fourth-order valence-corrected chi connectivity index (χ4v) is 2.60. The second kappa shape index (κ2) is 9.33. The number of hydrogen-bond donors (Lipinski definition) is 1. The third-order valence-electron chi connectivity index (χ3n) is 4.02. The van der Waals surface area contributed by atoms with Crippen LogP contribution in [-0.2, 0) is 4.74 Å². The second-order valence-corrected chi connectivity index (χ2v) is 5.81. The van der Waals surface area contributed by atoms with E-state index in [0.29, 0.717) is 12.4 Å². The van der Waals surface area contributed by atoms with Crippen LogP contribution in [0.25, 0.3) is 0 Å². The molecule has 1 saturated heterocycles. The van der Waals surface area contributed by atoms with Crippen molar-refractivity contribution in [1.29, 1.82) is 0 Å². The van der Waals surface area contributed by atoms with E-state index in [1.165, 1.54) is 6.33 Å². The maximum Gasteiger partial charge on any atom is 0.353 e. The van der Waals surface area contributed by atoms with E-state index in [-0.39, 0.29) is 11.5 Å². The molecule has 1 aromatic rings. The lowest BCUT2D eigenvalue weighted by Gasteiger charge is -2.26. The Balaban J connectivity index is 2.03. The number of aromatic nitrogens is 2. The van der Waals surface area contributed by atoms with E-state index in [1.807, 2.05) is 11.9 Å². The quantitative estimate of drug-likeness (QED) is 0.532. The summed E-state index contributed by atoms with van der Waals surface area (Å²) in [6.07, 6.45) is 3.35. The number of anilines is 2. The first-order chi connectivity index (χ1) is 11.6. The molecule has 0 amide bonds. The van der Waals surface area contributed by atoms with Gasteiger partial charge in [-0.2, -0.15) is 0 Å². The largest absolute Gasteiger partial charge is 0.379 e. The molecule has 9 nitrogen and oxygen atoms in total. The predicted octanol–water partition coefficient (Wildman–Crippen LogP) is 1.37. The Hall–Kier alpha value is -2.00. The van der Waals surface area contributed by atoms with Crippen molar-refractivity contribution >= 4 is 17.3 Å². The SMILES string of the molecule is CCCCN(C)c1ncnc(NCCN2CCOCC2)c1[N+](=O)[O-]. The molecular weight excluding hydrogens is 312 g/mol. The average Bonchev–Trinajstić information content (AvgIpc) is 2.60. The van der Waals surface area contributed by atoms with Crippen LogP contribution in [0.5, 0.6) is 0 Å². The smallest absolute Gasteiger partial charge is 0.353 e. The normalized spacial score (nSPS) is 15.2. The van der Waals surface area contributed by atoms with E-state index in [0.717, 1.165) is 52.2 Å². The highest BCUT2D eigenvalue weighted by molar-refractivity contribution is 5.70. The molecule has 1 aliphatic heterocycles. The van der Waals surface area contributed by atoms with E-state index in [1.54, 1.807) is 0 Å². The molecule has 0 bridgehead atoms. The molecule has 0 saturated carbocycles. The third kappa shape index (κ3) is 5.00. The predicted molar refractivity (Wildman–Crippen MR) is 92.6 cm³/mol. The highest BCUT2D eigenvalue weighted by atomic mass is 16.6. The van der Waals surface area contributed by atoms with E-state index in [9.17, 15) is 10.1 Å². The van der Waals surface area contributed by atoms with Crippen molar-refractivity contribution in [3.63, 3.8) is 0 Å². The Bertz CT molecular complexity index is 536. The summed E-state index contributed by atoms with van der Waals surface area (Å²) >= 11 is 0.